The van der Waals surface area contributed by atoms with Gasteiger partial charge >= 0.3 is 0 Å². The van der Waals surface area contributed by atoms with Gasteiger partial charge in [0, 0.05) is 38.6 Å². The molecule has 1 heterocycles. The van der Waals surface area contributed by atoms with E-state index in [9.17, 15) is 4.79 Å². The molecule has 5 heteroatoms. The Morgan fingerprint density at radius 3 is 2.85 bits per heavy atom. The van der Waals surface area contributed by atoms with Crippen molar-refractivity contribution in [3.63, 3.8) is 0 Å². The molecule has 1 saturated heterocycles. The third kappa shape index (κ3) is 5.23. The zero-order valence-electron chi connectivity index (χ0n) is 12.8. The highest BCUT2D eigenvalue weighted by Gasteiger charge is 2.26. The summed E-state index contributed by atoms with van der Waals surface area (Å²) in [7, 11) is 0. The molecule has 1 atom stereocenters. The summed E-state index contributed by atoms with van der Waals surface area (Å²) < 4.78 is 0. The summed E-state index contributed by atoms with van der Waals surface area (Å²) in [4.78, 5) is 18.3. The number of guanidine groups is 1. The second-order valence-corrected chi connectivity index (χ2v) is 4.97. The number of nitrogens with zero attached hydrogens (tertiary/aromatic N) is 2. The fourth-order valence-corrected chi connectivity index (χ4v) is 2.47. The summed E-state index contributed by atoms with van der Waals surface area (Å²) in [5.41, 5.74) is 0. The van der Waals surface area contributed by atoms with Crippen molar-refractivity contribution < 1.29 is 4.79 Å². The van der Waals surface area contributed by atoms with Crippen molar-refractivity contribution in [3.8, 4) is 0 Å². The fourth-order valence-electron chi connectivity index (χ4n) is 2.47. The van der Waals surface area contributed by atoms with Gasteiger partial charge in [-0.1, -0.05) is 13.0 Å². The van der Waals surface area contributed by atoms with E-state index in [0.717, 1.165) is 44.9 Å². The van der Waals surface area contributed by atoms with E-state index in [-0.39, 0.29) is 0 Å². The van der Waals surface area contributed by atoms with Crippen LogP contribution >= 0.6 is 0 Å². The smallest absolute Gasteiger partial charge is 0.222 e. The highest BCUT2D eigenvalue weighted by Crippen LogP contribution is 2.17. The summed E-state index contributed by atoms with van der Waals surface area (Å²) in [5, 5.41) is 6.38. The third-order valence-electron chi connectivity index (χ3n) is 3.51. The average Bonchev–Trinajstić information content (AvgIpc) is 2.87. The quantitative estimate of drug-likeness (QED) is 0.403. The van der Waals surface area contributed by atoms with Gasteiger partial charge in [-0.15, -0.1) is 6.58 Å². The second-order valence-electron chi connectivity index (χ2n) is 4.97. The van der Waals surface area contributed by atoms with Crippen molar-refractivity contribution in [2.24, 2.45) is 4.99 Å². The largest absolute Gasteiger partial charge is 0.357 e. The first-order valence-electron chi connectivity index (χ1n) is 7.65. The fraction of sp³-hybridized carbons (Fsp3) is 0.733. The summed E-state index contributed by atoms with van der Waals surface area (Å²) in [6.07, 6.45) is 5.45. The average molecular weight is 280 g/mol. The van der Waals surface area contributed by atoms with E-state index in [2.05, 4.69) is 29.1 Å². The Labute approximate surface area is 122 Å². The van der Waals surface area contributed by atoms with E-state index in [0.29, 0.717) is 24.9 Å². The van der Waals surface area contributed by atoms with Gasteiger partial charge in [0.15, 0.2) is 5.96 Å². The van der Waals surface area contributed by atoms with E-state index in [1.54, 1.807) is 0 Å². The molecule has 20 heavy (non-hydrogen) atoms. The standard InChI is InChI=1S/C15H28N4O/c1-4-10-17-15(16-6-3)18-11-9-13(5-2)19-12-7-8-14(19)20/h4,13H,1,5-12H2,2-3H3,(H2,16,17,18). The lowest BCUT2D eigenvalue weighted by Crippen LogP contribution is -2.38. The molecule has 0 saturated carbocycles. The minimum absolute atomic E-state index is 0.303. The van der Waals surface area contributed by atoms with Crippen LogP contribution in [0.2, 0.25) is 0 Å². The molecule has 1 aliphatic heterocycles. The van der Waals surface area contributed by atoms with E-state index in [1.165, 1.54) is 0 Å². The van der Waals surface area contributed by atoms with Gasteiger partial charge in [0.25, 0.3) is 0 Å². The Morgan fingerprint density at radius 2 is 2.30 bits per heavy atom. The van der Waals surface area contributed by atoms with Gasteiger partial charge in [0.1, 0.15) is 0 Å². The number of carbonyl (C=O) groups excluding carboxylic acids is 1. The molecule has 0 radical (unpaired) electrons. The molecular formula is C15H28N4O. The van der Waals surface area contributed by atoms with Gasteiger partial charge in [-0.05, 0) is 26.2 Å². The monoisotopic (exact) mass is 280 g/mol. The molecule has 0 aromatic carbocycles. The Morgan fingerprint density at radius 1 is 1.50 bits per heavy atom. The maximum Gasteiger partial charge on any atom is 0.222 e. The van der Waals surface area contributed by atoms with E-state index in [4.69, 9.17) is 0 Å². The summed E-state index contributed by atoms with van der Waals surface area (Å²) in [6.45, 7) is 11.1. The Balaban J connectivity index is 2.44. The normalized spacial score (nSPS) is 17.2. The predicted octanol–water partition coefficient (Wildman–Crippen LogP) is 1.52. The molecule has 1 aliphatic rings. The molecule has 1 unspecified atom stereocenters. The van der Waals surface area contributed by atoms with Crippen molar-refractivity contribution in [2.45, 2.75) is 45.6 Å². The van der Waals surface area contributed by atoms with Crippen molar-refractivity contribution in [2.75, 3.05) is 26.2 Å². The van der Waals surface area contributed by atoms with Gasteiger partial charge in [-0.25, -0.2) is 0 Å². The molecule has 0 aliphatic carbocycles. The zero-order chi connectivity index (χ0) is 14.8. The molecule has 114 valence electrons. The van der Waals surface area contributed by atoms with Crippen molar-refractivity contribution >= 4 is 11.9 Å². The van der Waals surface area contributed by atoms with Crippen LogP contribution in [0, 0.1) is 0 Å². The lowest BCUT2D eigenvalue weighted by Gasteiger charge is -2.26. The van der Waals surface area contributed by atoms with Gasteiger partial charge in [0.05, 0.1) is 0 Å². The minimum Gasteiger partial charge on any atom is -0.357 e. The molecule has 1 amide bonds. The SMILES string of the molecule is C=CCNC(=NCCC(CC)N1CCCC1=O)NCC. The summed E-state index contributed by atoms with van der Waals surface area (Å²) >= 11 is 0. The van der Waals surface area contributed by atoms with Crippen LogP contribution in [0.1, 0.15) is 39.5 Å². The zero-order valence-corrected chi connectivity index (χ0v) is 12.8. The number of hydrogen-bond acceptors (Lipinski definition) is 2. The van der Waals surface area contributed by atoms with E-state index >= 15 is 0 Å². The molecule has 5 nitrogen and oxygen atoms in total. The van der Waals surface area contributed by atoms with Crippen molar-refractivity contribution in [1.29, 1.82) is 0 Å². The maximum absolute atomic E-state index is 11.8. The van der Waals surface area contributed by atoms with Crippen LogP contribution in [0.4, 0.5) is 0 Å². The van der Waals surface area contributed by atoms with Crippen LogP contribution in [0.3, 0.4) is 0 Å². The number of rotatable bonds is 8. The van der Waals surface area contributed by atoms with Crippen molar-refractivity contribution in [1.82, 2.24) is 15.5 Å². The Bertz CT molecular complexity index is 341. The van der Waals surface area contributed by atoms with Gasteiger partial charge in [-0.3, -0.25) is 9.79 Å². The first-order valence-corrected chi connectivity index (χ1v) is 7.65. The molecule has 1 fully saturated rings. The maximum atomic E-state index is 11.8. The number of hydrogen-bond donors (Lipinski definition) is 2. The van der Waals surface area contributed by atoms with Crippen LogP contribution < -0.4 is 10.6 Å². The first-order chi connectivity index (χ1) is 9.72. The molecule has 1 rings (SSSR count). The predicted molar refractivity (Wildman–Crippen MR) is 83.8 cm³/mol. The van der Waals surface area contributed by atoms with Crippen LogP contribution in [-0.2, 0) is 4.79 Å². The van der Waals surface area contributed by atoms with Crippen LogP contribution in [0.15, 0.2) is 17.6 Å². The first kappa shape index (κ1) is 16.5. The number of aliphatic imine (C=N–C) groups is 1. The second kappa shape index (κ2) is 9.39. The van der Waals surface area contributed by atoms with Crippen LogP contribution in [-0.4, -0.2) is 49.0 Å². The van der Waals surface area contributed by atoms with Gasteiger partial charge in [0.2, 0.25) is 5.91 Å². The molecule has 0 aromatic rings. The van der Waals surface area contributed by atoms with Crippen molar-refractivity contribution in [3.05, 3.63) is 12.7 Å². The number of likely N-dealkylation sites (tertiary alicyclic amines) is 1. The number of nitrogens with one attached hydrogen (secondary N) is 2. The number of carbonyl (C=O) groups is 1. The minimum atomic E-state index is 0.303. The summed E-state index contributed by atoms with van der Waals surface area (Å²) in [6, 6.07) is 0.330. The van der Waals surface area contributed by atoms with Crippen LogP contribution in [0.5, 0.6) is 0 Å². The lowest BCUT2D eigenvalue weighted by molar-refractivity contribution is -0.129. The molecule has 0 spiro atoms. The van der Waals surface area contributed by atoms with Gasteiger partial charge in [-0.2, -0.15) is 0 Å². The molecule has 0 bridgehead atoms. The Hall–Kier alpha value is -1.52. The molecular weight excluding hydrogens is 252 g/mol. The number of amides is 1. The summed E-state index contributed by atoms with van der Waals surface area (Å²) in [5.74, 6) is 1.12. The van der Waals surface area contributed by atoms with Crippen LogP contribution in [0.25, 0.3) is 0 Å². The molecule has 0 aromatic heterocycles. The topological polar surface area (TPSA) is 56.7 Å². The lowest BCUT2D eigenvalue weighted by atomic mass is 10.1. The van der Waals surface area contributed by atoms with E-state index in [1.807, 2.05) is 17.9 Å². The van der Waals surface area contributed by atoms with E-state index < -0.39 is 0 Å². The highest BCUT2D eigenvalue weighted by molar-refractivity contribution is 5.80. The third-order valence-corrected chi connectivity index (χ3v) is 3.51. The molecule has 2 N–H and O–H groups in total. The van der Waals surface area contributed by atoms with Gasteiger partial charge < -0.3 is 15.5 Å². The highest BCUT2D eigenvalue weighted by atomic mass is 16.2. The Kier molecular flexibility index (Phi) is 7.77.